The largest absolute Gasteiger partial charge is 0.544 e. The van der Waals surface area contributed by atoms with Crippen molar-refractivity contribution < 1.29 is 45.5 Å². The zero-order valence-corrected chi connectivity index (χ0v) is 14.2. The fourth-order valence-corrected chi connectivity index (χ4v) is 3.50. The van der Waals surface area contributed by atoms with E-state index in [-0.39, 0.29) is 5.75 Å². The first kappa shape index (κ1) is 20.5. The fraction of sp³-hybridized carbons (Fsp3) is 0.133. The molecule has 0 saturated heterocycles. The van der Waals surface area contributed by atoms with Crippen LogP contribution < -0.4 is 9.21 Å². The summed E-state index contributed by atoms with van der Waals surface area (Å²) in [5, 5.41) is 9.10. The minimum absolute atomic E-state index is 0.353. The molecule has 2 rings (SSSR count). The quantitative estimate of drug-likeness (QED) is 0.582. The van der Waals surface area contributed by atoms with Crippen molar-refractivity contribution in [2.45, 2.75) is 11.3 Å². The Bertz CT molecular complexity index is 961. The van der Waals surface area contributed by atoms with E-state index in [9.17, 15) is 30.8 Å². The van der Waals surface area contributed by atoms with Gasteiger partial charge in [0, 0.05) is 6.07 Å². The molecule has 0 bridgehead atoms. The lowest BCUT2D eigenvalue weighted by atomic mass is 10.2. The van der Waals surface area contributed by atoms with Crippen molar-refractivity contribution in [3.63, 3.8) is 0 Å². The number of carboxylic acid groups (broad SMARTS) is 1. The van der Waals surface area contributed by atoms with Gasteiger partial charge in [0.2, 0.25) is 0 Å². The van der Waals surface area contributed by atoms with Crippen LogP contribution in [0.1, 0.15) is 10.4 Å². The van der Waals surface area contributed by atoms with Crippen molar-refractivity contribution in [3.8, 4) is 5.75 Å². The van der Waals surface area contributed by atoms with Gasteiger partial charge in [0.25, 0.3) is 10.0 Å². The Hall–Kier alpha value is -2.86. The lowest BCUT2D eigenvalue weighted by Crippen LogP contribution is -2.37. The van der Waals surface area contributed by atoms with Crippen LogP contribution in [0.15, 0.2) is 47.4 Å². The monoisotopic (exact) mass is 409 g/mol. The Morgan fingerprint density at radius 3 is 2.30 bits per heavy atom. The third-order valence-electron chi connectivity index (χ3n) is 3.15. The zero-order valence-electron chi connectivity index (χ0n) is 13.4. The third-order valence-corrected chi connectivity index (χ3v) is 4.78. The smallest absolute Gasteiger partial charge is 0.494 e. The van der Waals surface area contributed by atoms with E-state index < -0.39 is 48.8 Å². The highest BCUT2D eigenvalue weighted by atomic mass is 32.2. The predicted molar refractivity (Wildman–Crippen MR) is 83.2 cm³/mol. The molecule has 0 saturated carbocycles. The van der Waals surface area contributed by atoms with Gasteiger partial charge in [0.15, 0.2) is 11.6 Å². The predicted octanol–water partition coefficient (Wildman–Crippen LogP) is 3.18. The summed E-state index contributed by atoms with van der Waals surface area (Å²) < 4.78 is 81.6. The molecule has 0 unspecified atom stereocenters. The summed E-state index contributed by atoms with van der Waals surface area (Å²) in [6, 6.07) is 6.08. The number of nitrogens with zero attached hydrogens (tertiary/aromatic N) is 1. The molecule has 7 nitrogen and oxygen atoms in total. The second-order valence-corrected chi connectivity index (χ2v) is 6.61. The summed E-state index contributed by atoms with van der Waals surface area (Å²) in [6.45, 7) is 0. The molecule has 0 aliphatic rings. The van der Waals surface area contributed by atoms with Crippen LogP contribution >= 0.6 is 0 Å². The molecule has 2 aromatic rings. The second-order valence-electron chi connectivity index (χ2n) is 4.89. The molecule has 2 aromatic carbocycles. The molecule has 0 heterocycles. The summed E-state index contributed by atoms with van der Waals surface area (Å²) in [4.78, 5) is 13.8. The van der Waals surface area contributed by atoms with Crippen LogP contribution in [0.2, 0.25) is 0 Å². The maximum Gasteiger partial charge on any atom is 0.544 e. The molecule has 0 fully saturated rings. The molecule has 0 aliphatic heterocycles. The summed E-state index contributed by atoms with van der Waals surface area (Å²) in [5.41, 5.74) is -1.65. The van der Waals surface area contributed by atoms with Crippen LogP contribution in [0, 0.1) is 5.82 Å². The second kappa shape index (κ2) is 7.40. The number of rotatable bonds is 6. The molecule has 0 atom stereocenters. The maximum absolute atomic E-state index is 13.9. The van der Waals surface area contributed by atoms with E-state index in [4.69, 9.17) is 5.11 Å². The van der Waals surface area contributed by atoms with Gasteiger partial charge < -0.3 is 9.84 Å². The van der Waals surface area contributed by atoms with Crippen LogP contribution in [0.3, 0.4) is 0 Å². The Morgan fingerprint density at radius 1 is 1.15 bits per heavy atom. The van der Waals surface area contributed by atoms with Gasteiger partial charge in [-0.25, -0.2) is 9.18 Å². The first-order valence-electron chi connectivity index (χ1n) is 6.94. The molecular formula is C15H11F4NO6S. The SMILES string of the molecule is COc1ccc(N(OC(F)(F)F)S(=O)(=O)c2ccccc2C(=O)O)cc1F. The van der Waals surface area contributed by atoms with E-state index in [1.807, 2.05) is 0 Å². The van der Waals surface area contributed by atoms with E-state index in [0.29, 0.717) is 6.07 Å². The molecule has 1 N–H and O–H groups in total. The van der Waals surface area contributed by atoms with E-state index in [0.717, 1.165) is 37.4 Å². The van der Waals surface area contributed by atoms with Crippen LogP contribution in [0.25, 0.3) is 0 Å². The van der Waals surface area contributed by atoms with Crippen molar-refractivity contribution in [1.82, 2.24) is 0 Å². The Kier molecular flexibility index (Phi) is 5.61. The maximum atomic E-state index is 13.9. The number of methoxy groups -OCH3 is 1. The summed E-state index contributed by atoms with van der Waals surface area (Å²) in [5.74, 6) is -3.21. The lowest BCUT2D eigenvalue weighted by Gasteiger charge is -2.24. The summed E-state index contributed by atoms with van der Waals surface area (Å²) in [6.07, 6.45) is -5.47. The first-order valence-corrected chi connectivity index (χ1v) is 8.38. The van der Waals surface area contributed by atoms with Gasteiger partial charge in [-0.3, -0.25) is 0 Å². The number of halogens is 4. The lowest BCUT2D eigenvalue weighted by molar-refractivity contribution is -0.322. The summed E-state index contributed by atoms with van der Waals surface area (Å²) >= 11 is 0. The number of carboxylic acids is 1. The van der Waals surface area contributed by atoms with Gasteiger partial charge in [-0.15, -0.1) is 17.6 Å². The minimum atomic E-state index is -5.47. The molecular weight excluding hydrogens is 398 g/mol. The van der Waals surface area contributed by atoms with Gasteiger partial charge in [-0.1, -0.05) is 12.1 Å². The van der Waals surface area contributed by atoms with Gasteiger partial charge in [0.1, 0.15) is 4.90 Å². The highest BCUT2D eigenvalue weighted by Crippen LogP contribution is 2.33. The van der Waals surface area contributed by atoms with Crippen LogP contribution in [-0.4, -0.2) is 33.0 Å². The average molecular weight is 409 g/mol. The molecule has 0 spiro atoms. The Morgan fingerprint density at radius 2 is 1.78 bits per heavy atom. The molecule has 0 amide bonds. The number of anilines is 1. The fourth-order valence-electron chi connectivity index (χ4n) is 2.06. The Balaban J connectivity index is 2.67. The number of aromatic carboxylic acids is 1. The first-order chi connectivity index (χ1) is 12.5. The van der Waals surface area contributed by atoms with Crippen molar-refractivity contribution in [2.75, 3.05) is 11.6 Å². The molecule has 0 aromatic heterocycles. The Labute approximate surface area is 150 Å². The van der Waals surface area contributed by atoms with E-state index in [1.54, 1.807) is 0 Å². The standard InChI is InChI=1S/C15H11F4NO6S/c1-25-12-7-6-9(8-11(12)16)20(26-15(17,18)19)27(23,24)13-5-3-2-4-10(13)14(21)22/h2-8H,1H3,(H,21,22). The summed E-state index contributed by atoms with van der Waals surface area (Å²) in [7, 11) is -4.10. The number of alkyl halides is 3. The van der Waals surface area contributed by atoms with E-state index in [1.165, 1.54) is 6.07 Å². The highest BCUT2D eigenvalue weighted by Gasteiger charge is 2.41. The van der Waals surface area contributed by atoms with Crippen molar-refractivity contribution in [2.24, 2.45) is 0 Å². The number of sulfonamides is 1. The van der Waals surface area contributed by atoms with Crippen LogP contribution in [-0.2, 0) is 14.9 Å². The topological polar surface area (TPSA) is 93.1 Å². The molecule has 12 heteroatoms. The van der Waals surface area contributed by atoms with Crippen molar-refractivity contribution in [3.05, 3.63) is 53.8 Å². The molecule has 0 radical (unpaired) electrons. The zero-order chi connectivity index (χ0) is 20.4. The van der Waals surface area contributed by atoms with Gasteiger partial charge in [-0.2, -0.15) is 13.3 Å². The number of benzene rings is 2. The normalized spacial score (nSPS) is 11.9. The van der Waals surface area contributed by atoms with Crippen molar-refractivity contribution >= 4 is 21.7 Å². The minimum Gasteiger partial charge on any atom is -0.494 e. The number of hydrogen-bond acceptors (Lipinski definition) is 5. The van der Waals surface area contributed by atoms with Crippen LogP contribution in [0.5, 0.6) is 5.75 Å². The van der Waals surface area contributed by atoms with E-state index in [2.05, 4.69) is 9.57 Å². The molecule has 27 heavy (non-hydrogen) atoms. The van der Waals surface area contributed by atoms with E-state index >= 15 is 0 Å². The third kappa shape index (κ3) is 4.46. The van der Waals surface area contributed by atoms with Crippen molar-refractivity contribution in [1.29, 1.82) is 0 Å². The number of hydrogen-bond donors (Lipinski definition) is 1. The van der Waals surface area contributed by atoms with Gasteiger partial charge in [-0.05, 0) is 24.3 Å². The van der Waals surface area contributed by atoms with Crippen LogP contribution in [0.4, 0.5) is 23.2 Å². The molecule has 146 valence electrons. The molecule has 0 aliphatic carbocycles. The number of ether oxygens (including phenoxy) is 1. The highest BCUT2D eigenvalue weighted by molar-refractivity contribution is 7.92. The van der Waals surface area contributed by atoms with Gasteiger partial charge in [0.05, 0.1) is 18.4 Å². The van der Waals surface area contributed by atoms with Gasteiger partial charge >= 0.3 is 12.3 Å². The number of carbonyl (C=O) groups is 1. The average Bonchev–Trinajstić information content (AvgIpc) is 2.58.